The van der Waals surface area contributed by atoms with Crippen molar-refractivity contribution in [2.45, 2.75) is 6.42 Å². The molecule has 4 heteroatoms. The summed E-state index contributed by atoms with van der Waals surface area (Å²) in [6.07, 6.45) is 3.64. The van der Waals surface area contributed by atoms with Crippen molar-refractivity contribution >= 4 is 17.6 Å². The molecule has 4 nitrogen and oxygen atoms in total. The average Bonchev–Trinajstić information content (AvgIpc) is 2.78. The lowest BCUT2D eigenvalue weighted by Gasteiger charge is -2.10. The third-order valence-electron chi connectivity index (χ3n) is 4.35. The van der Waals surface area contributed by atoms with Crippen molar-refractivity contribution in [2.24, 2.45) is 0 Å². The molecule has 0 unspecified atom stereocenters. The molecular formula is C25H22O4. The third kappa shape index (κ3) is 5.50. The fourth-order valence-corrected chi connectivity index (χ4v) is 2.83. The SMILES string of the molecule is O=C(/C=C/c1ccc(OCCCO)cc1C(=O)c1ccccc1)c1ccccc1. The molecule has 0 aliphatic heterocycles. The minimum Gasteiger partial charge on any atom is -0.493 e. The molecule has 0 fully saturated rings. The molecule has 0 aromatic heterocycles. The minimum atomic E-state index is -0.148. The molecule has 0 spiro atoms. The first kappa shape index (κ1) is 20.2. The van der Waals surface area contributed by atoms with E-state index < -0.39 is 0 Å². The maximum Gasteiger partial charge on any atom is 0.193 e. The van der Waals surface area contributed by atoms with Gasteiger partial charge in [0.2, 0.25) is 0 Å². The van der Waals surface area contributed by atoms with Crippen LogP contribution in [0.15, 0.2) is 84.9 Å². The number of aliphatic hydroxyl groups is 1. The van der Waals surface area contributed by atoms with E-state index in [9.17, 15) is 9.59 Å². The standard InChI is InChI=1S/C25H22O4/c26-16-7-17-29-22-14-12-19(13-15-24(27)20-8-3-1-4-9-20)23(18-22)25(28)21-10-5-2-6-11-21/h1-6,8-15,18,26H,7,16-17H2/b15-13+. The second kappa shape index (κ2) is 10.2. The maximum absolute atomic E-state index is 13.0. The van der Waals surface area contributed by atoms with Crippen molar-refractivity contribution in [2.75, 3.05) is 13.2 Å². The van der Waals surface area contributed by atoms with Crippen LogP contribution in [-0.2, 0) is 0 Å². The predicted molar refractivity (Wildman–Crippen MR) is 113 cm³/mol. The van der Waals surface area contributed by atoms with E-state index in [0.29, 0.717) is 41.0 Å². The largest absolute Gasteiger partial charge is 0.493 e. The summed E-state index contributed by atoms with van der Waals surface area (Å²) >= 11 is 0. The van der Waals surface area contributed by atoms with Crippen LogP contribution in [-0.4, -0.2) is 29.9 Å². The van der Waals surface area contributed by atoms with Gasteiger partial charge in [-0.3, -0.25) is 9.59 Å². The number of hydrogen-bond donors (Lipinski definition) is 1. The molecule has 0 saturated heterocycles. The van der Waals surface area contributed by atoms with Gasteiger partial charge in [0.15, 0.2) is 11.6 Å². The van der Waals surface area contributed by atoms with E-state index >= 15 is 0 Å². The fourth-order valence-electron chi connectivity index (χ4n) is 2.83. The lowest BCUT2D eigenvalue weighted by molar-refractivity contribution is 0.103. The highest BCUT2D eigenvalue weighted by Crippen LogP contribution is 2.23. The van der Waals surface area contributed by atoms with Gasteiger partial charge < -0.3 is 9.84 Å². The fraction of sp³-hybridized carbons (Fsp3) is 0.120. The maximum atomic E-state index is 13.0. The van der Waals surface area contributed by atoms with Crippen LogP contribution in [0.25, 0.3) is 6.08 Å². The average molecular weight is 386 g/mol. The zero-order valence-corrected chi connectivity index (χ0v) is 16.0. The molecule has 0 aliphatic carbocycles. The number of allylic oxidation sites excluding steroid dienone is 1. The molecule has 0 bridgehead atoms. The predicted octanol–water partition coefficient (Wildman–Crippen LogP) is 4.57. The first-order valence-electron chi connectivity index (χ1n) is 9.44. The second-order valence-electron chi connectivity index (χ2n) is 6.43. The molecule has 29 heavy (non-hydrogen) atoms. The van der Waals surface area contributed by atoms with Gasteiger partial charge in [-0.25, -0.2) is 0 Å². The number of aliphatic hydroxyl groups excluding tert-OH is 1. The topological polar surface area (TPSA) is 63.6 Å². The van der Waals surface area contributed by atoms with Crippen LogP contribution < -0.4 is 4.74 Å². The van der Waals surface area contributed by atoms with Gasteiger partial charge in [0.25, 0.3) is 0 Å². The summed E-state index contributed by atoms with van der Waals surface area (Å²) < 4.78 is 5.62. The molecule has 0 aliphatic rings. The minimum absolute atomic E-state index is 0.0399. The van der Waals surface area contributed by atoms with Crippen molar-refractivity contribution in [3.8, 4) is 5.75 Å². The summed E-state index contributed by atoms with van der Waals surface area (Å²) in [5.74, 6) is 0.265. The van der Waals surface area contributed by atoms with Gasteiger partial charge in [0, 0.05) is 29.7 Å². The monoisotopic (exact) mass is 386 g/mol. The second-order valence-corrected chi connectivity index (χ2v) is 6.43. The highest BCUT2D eigenvalue weighted by molar-refractivity contribution is 6.12. The Bertz CT molecular complexity index is 992. The van der Waals surface area contributed by atoms with E-state index in [1.165, 1.54) is 6.08 Å². The van der Waals surface area contributed by atoms with Crippen LogP contribution in [0.5, 0.6) is 5.75 Å². The quantitative estimate of drug-likeness (QED) is 0.332. The number of carbonyl (C=O) groups excluding carboxylic acids is 2. The van der Waals surface area contributed by atoms with Crippen LogP contribution in [0.2, 0.25) is 0 Å². The lowest BCUT2D eigenvalue weighted by atomic mass is 9.97. The molecule has 1 N–H and O–H groups in total. The third-order valence-corrected chi connectivity index (χ3v) is 4.35. The van der Waals surface area contributed by atoms with E-state index in [1.807, 2.05) is 36.4 Å². The number of rotatable bonds is 9. The van der Waals surface area contributed by atoms with Crippen LogP contribution in [0, 0.1) is 0 Å². The first-order valence-corrected chi connectivity index (χ1v) is 9.44. The summed E-state index contributed by atoms with van der Waals surface area (Å²) in [7, 11) is 0. The van der Waals surface area contributed by atoms with Crippen molar-refractivity contribution in [3.05, 3.63) is 107 Å². The Hall–Kier alpha value is -3.50. The zero-order valence-electron chi connectivity index (χ0n) is 16.0. The van der Waals surface area contributed by atoms with Crippen molar-refractivity contribution in [1.82, 2.24) is 0 Å². The first-order chi connectivity index (χ1) is 14.2. The van der Waals surface area contributed by atoms with E-state index in [0.717, 1.165) is 0 Å². The summed E-state index contributed by atoms with van der Waals surface area (Å²) in [5.41, 5.74) is 2.24. The number of ether oxygens (including phenoxy) is 1. The summed E-state index contributed by atoms with van der Waals surface area (Å²) in [6.45, 7) is 0.398. The van der Waals surface area contributed by atoms with Crippen LogP contribution >= 0.6 is 0 Å². The molecule has 3 aromatic rings. The normalized spacial score (nSPS) is 10.8. The number of benzene rings is 3. The van der Waals surface area contributed by atoms with E-state index in [-0.39, 0.29) is 18.2 Å². The van der Waals surface area contributed by atoms with Crippen LogP contribution in [0.1, 0.15) is 38.3 Å². The molecule has 146 valence electrons. The molecule has 0 atom stereocenters. The Morgan fingerprint density at radius 1 is 0.862 bits per heavy atom. The summed E-state index contributed by atoms with van der Waals surface area (Å²) in [6, 6.07) is 23.2. The van der Waals surface area contributed by atoms with Crippen molar-refractivity contribution in [1.29, 1.82) is 0 Å². The Labute approximate surface area is 170 Å². The number of ketones is 2. The highest BCUT2D eigenvalue weighted by atomic mass is 16.5. The summed E-state index contributed by atoms with van der Waals surface area (Å²) in [4.78, 5) is 25.4. The van der Waals surface area contributed by atoms with Gasteiger partial charge in [-0.2, -0.15) is 0 Å². The molecule has 3 aromatic carbocycles. The Kier molecular flexibility index (Phi) is 7.09. The zero-order chi connectivity index (χ0) is 20.5. The highest BCUT2D eigenvalue weighted by Gasteiger charge is 2.14. The van der Waals surface area contributed by atoms with Gasteiger partial charge in [-0.15, -0.1) is 0 Å². The molecular weight excluding hydrogens is 364 g/mol. The molecule has 0 amide bonds. The van der Waals surface area contributed by atoms with Gasteiger partial charge in [-0.1, -0.05) is 72.8 Å². The van der Waals surface area contributed by atoms with Crippen LogP contribution in [0.3, 0.4) is 0 Å². The molecule has 0 heterocycles. The van der Waals surface area contributed by atoms with Crippen LogP contribution in [0.4, 0.5) is 0 Å². The molecule has 0 saturated carbocycles. The van der Waals surface area contributed by atoms with Gasteiger partial charge >= 0.3 is 0 Å². The van der Waals surface area contributed by atoms with E-state index in [2.05, 4.69) is 0 Å². The number of carbonyl (C=O) groups is 2. The van der Waals surface area contributed by atoms with E-state index in [1.54, 1.807) is 48.5 Å². The Morgan fingerprint density at radius 2 is 1.52 bits per heavy atom. The van der Waals surface area contributed by atoms with Crippen molar-refractivity contribution in [3.63, 3.8) is 0 Å². The number of hydrogen-bond acceptors (Lipinski definition) is 4. The molecule has 0 radical (unpaired) electrons. The molecule has 3 rings (SSSR count). The smallest absolute Gasteiger partial charge is 0.193 e. The van der Waals surface area contributed by atoms with E-state index in [4.69, 9.17) is 9.84 Å². The Morgan fingerprint density at radius 3 is 2.17 bits per heavy atom. The van der Waals surface area contributed by atoms with Crippen molar-refractivity contribution < 1.29 is 19.4 Å². The van der Waals surface area contributed by atoms with Gasteiger partial charge in [0.05, 0.1) is 6.61 Å². The summed E-state index contributed by atoms with van der Waals surface area (Å²) in [5, 5.41) is 8.92. The Balaban J connectivity index is 1.91. The van der Waals surface area contributed by atoms with Gasteiger partial charge in [0.1, 0.15) is 5.75 Å². The van der Waals surface area contributed by atoms with Gasteiger partial charge in [-0.05, 0) is 23.8 Å². The lowest BCUT2D eigenvalue weighted by Crippen LogP contribution is -2.06.